The number of aromatic nitrogens is 1. The predicted octanol–water partition coefficient (Wildman–Crippen LogP) is 4.69. The maximum absolute atomic E-state index is 12.9. The molecule has 5 nitrogen and oxygen atoms in total. The first-order valence-corrected chi connectivity index (χ1v) is 9.24. The second kappa shape index (κ2) is 8.95. The first-order chi connectivity index (χ1) is 13.6. The Morgan fingerprint density at radius 1 is 0.964 bits per heavy atom. The number of nitrogens with zero attached hydrogens (tertiary/aromatic N) is 2. The Balaban J connectivity index is 1.77. The summed E-state index contributed by atoms with van der Waals surface area (Å²) in [5, 5.41) is 3.24. The molecule has 0 radical (unpaired) electrons. The van der Waals surface area contributed by atoms with E-state index in [1.54, 1.807) is 35.4 Å². The molecule has 1 heterocycles. The Morgan fingerprint density at radius 3 is 2.43 bits per heavy atom. The second-order valence-corrected chi connectivity index (χ2v) is 6.50. The molecule has 0 bridgehead atoms. The number of carbonyl (C=O) groups is 2. The molecule has 0 spiro atoms. The SMILES string of the molecule is CCN(Cc1ccccc1)C(=O)c1cc(Nc2cccc(C(C)=O)c2)ccn1. The number of ketones is 1. The van der Waals surface area contributed by atoms with Crippen LogP contribution in [0.5, 0.6) is 0 Å². The Morgan fingerprint density at radius 2 is 1.71 bits per heavy atom. The van der Waals surface area contributed by atoms with Gasteiger partial charge in [-0.15, -0.1) is 0 Å². The first kappa shape index (κ1) is 19.3. The Kier molecular flexibility index (Phi) is 6.17. The van der Waals surface area contributed by atoms with Gasteiger partial charge in [0.1, 0.15) is 5.69 Å². The van der Waals surface area contributed by atoms with Crippen LogP contribution in [0.3, 0.4) is 0 Å². The average Bonchev–Trinajstić information content (AvgIpc) is 2.72. The van der Waals surface area contributed by atoms with E-state index in [0.29, 0.717) is 24.3 Å². The summed E-state index contributed by atoms with van der Waals surface area (Å²) >= 11 is 0. The number of hydrogen-bond acceptors (Lipinski definition) is 4. The molecule has 0 aliphatic heterocycles. The van der Waals surface area contributed by atoms with Gasteiger partial charge < -0.3 is 10.2 Å². The van der Waals surface area contributed by atoms with Gasteiger partial charge in [0.2, 0.25) is 0 Å². The summed E-state index contributed by atoms with van der Waals surface area (Å²) in [5.74, 6) is -0.110. The number of pyridine rings is 1. The highest BCUT2D eigenvalue weighted by Gasteiger charge is 2.16. The second-order valence-electron chi connectivity index (χ2n) is 6.50. The molecule has 1 N–H and O–H groups in total. The lowest BCUT2D eigenvalue weighted by molar-refractivity contribution is 0.0746. The van der Waals surface area contributed by atoms with Crippen molar-refractivity contribution in [3.05, 3.63) is 89.7 Å². The van der Waals surface area contributed by atoms with Crippen molar-refractivity contribution in [2.75, 3.05) is 11.9 Å². The molecule has 1 aromatic heterocycles. The summed E-state index contributed by atoms with van der Waals surface area (Å²) < 4.78 is 0. The van der Waals surface area contributed by atoms with E-state index in [0.717, 1.165) is 16.9 Å². The fraction of sp³-hybridized carbons (Fsp3) is 0.174. The Hall–Kier alpha value is -3.47. The molecule has 1 amide bonds. The number of rotatable bonds is 7. The highest BCUT2D eigenvalue weighted by Crippen LogP contribution is 2.19. The van der Waals surface area contributed by atoms with E-state index in [1.807, 2.05) is 49.4 Å². The summed E-state index contributed by atoms with van der Waals surface area (Å²) in [6.45, 7) is 4.62. The van der Waals surface area contributed by atoms with Crippen LogP contribution in [-0.4, -0.2) is 28.1 Å². The van der Waals surface area contributed by atoms with Gasteiger partial charge in [-0.25, -0.2) is 0 Å². The normalized spacial score (nSPS) is 10.4. The van der Waals surface area contributed by atoms with Gasteiger partial charge in [0.15, 0.2) is 5.78 Å². The lowest BCUT2D eigenvalue weighted by Crippen LogP contribution is -2.31. The average molecular weight is 373 g/mol. The Labute approximate surface area is 165 Å². The van der Waals surface area contributed by atoms with Crippen molar-refractivity contribution in [2.45, 2.75) is 20.4 Å². The van der Waals surface area contributed by atoms with Crippen LogP contribution in [0.25, 0.3) is 0 Å². The highest BCUT2D eigenvalue weighted by atomic mass is 16.2. The fourth-order valence-electron chi connectivity index (χ4n) is 2.90. The zero-order chi connectivity index (χ0) is 19.9. The van der Waals surface area contributed by atoms with Crippen LogP contribution in [0, 0.1) is 0 Å². The van der Waals surface area contributed by atoms with Crippen LogP contribution in [0.2, 0.25) is 0 Å². The molecule has 0 unspecified atom stereocenters. The molecular formula is C23H23N3O2. The third-order valence-electron chi connectivity index (χ3n) is 4.42. The van der Waals surface area contributed by atoms with E-state index in [4.69, 9.17) is 0 Å². The lowest BCUT2D eigenvalue weighted by atomic mass is 10.1. The third kappa shape index (κ3) is 4.82. The minimum Gasteiger partial charge on any atom is -0.355 e. The monoisotopic (exact) mass is 373 g/mol. The number of amides is 1. The van der Waals surface area contributed by atoms with Crippen molar-refractivity contribution in [1.29, 1.82) is 0 Å². The van der Waals surface area contributed by atoms with Gasteiger partial charge in [-0.3, -0.25) is 14.6 Å². The van der Waals surface area contributed by atoms with Gasteiger partial charge in [0.05, 0.1) is 0 Å². The van der Waals surface area contributed by atoms with Crippen LogP contribution < -0.4 is 5.32 Å². The van der Waals surface area contributed by atoms with Crippen LogP contribution in [-0.2, 0) is 6.54 Å². The number of hydrogen-bond donors (Lipinski definition) is 1. The molecular weight excluding hydrogens is 350 g/mol. The molecule has 2 aromatic carbocycles. The van der Waals surface area contributed by atoms with Gasteiger partial charge >= 0.3 is 0 Å². The third-order valence-corrected chi connectivity index (χ3v) is 4.42. The van der Waals surface area contributed by atoms with E-state index in [9.17, 15) is 9.59 Å². The molecule has 0 saturated heterocycles. The predicted molar refractivity (Wildman–Crippen MR) is 111 cm³/mol. The van der Waals surface area contributed by atoms with E-state index in [2.05, 4.69) is 10.3 Å². The van der Waals surface area contributed by atoms with Crippen LogP contribution in [0.15, 0.2) is 72.9 Å². The minimum atomic E-state index is -0.118. The molecule has 0 aliphatic carbocycles. The van der Waals surface area contributed by atoms with Gasteiger partial charge in [-0.1, -0.05) is 42.5 Å². The molecule has 3 rings (SSSR count). The molecule has 0 saturated carbocycles. The van der Waals surface area contributed by atoms with Crippen molar-refractivity contribution in [3.8, 4) is 0 Å². The zero-order valence-corrected chi connectivity index (χ0v) is 16.1. The van der Waals surface area contributed by atoms with Gasteiger partial charge in [0.25, 0.3) is 5.91 Å². The number of nitrogens with one attached hydrogen (secondary N) is 1. The summed E-state index contributed by atoms with van der Waals surface area (Å²) in [6, 6.07) is 20.7. The summed E-state index contributed by atoms with van der Waals surface area (Å²) in [6.07, 6.45) is 1.61. The first-order valence-electron chi connectivity index (χ1n) is 9.24. The summed E-state index contributed by atoms with van der Waals surface area (Å²) in [7, 11) is 0. The van der Waals surface area contributed by atoms with Gasteiger partial charge in [0, 0.05) is 36.2 Å². The zero-order valence-electron chi connectivity index (χ0n) is 16.1. The standard InChI is InChI=1S/C23H23N3O2/c1-3-26(16-18-8-5-4-6-9-18)23(28)22-15-21(12-13-24-22)25-20-11-7-10-19(14-20)17(2)27/h4-15H,3,16H2,1-2H3,(H,24,25). The van der Waals surface area contributed by atoms with Crippen molar-refractivity contribution >= 4 is 23.1 Å². The number of carbonyl (C=O) groups excluding carboxylic acids is 2. The summed E-state index contributed by atoms with van der Waals surface area (Å²) in [4.78, 5) is 30.5. The van der Waals surface area contributed by atoms with Crippen molar-refractivity contribution in [2.24, 2.45) is 0 Å². The van der Waals surface area contributed by atoms with Crippen LogP contribution >= 0.6 is 0 Å². The molecule has 0 aliphatic rings. The van der Waals surface area contributed by atoms with Crippen LogP contribution in [0.1, 0.15) is 40.3 Å². The van der Waals surface area contributed by atoms with E-state index < -0.39 is 0 Å². The largest absolute Gasteiger partial charge is 0.355 e. The maximum Gasteiger partial charge on any atom is 0.272 e. The molecule has 0 atom stereocenters. The van der Waals surface area contributed by atoms with Crippen molar-refractivity contribution in [1.82, 2.24) is 9.88 Å². The highest BCUT2D eigenvalue weighted by molar-refractivity contribution is 5.95. The molecule has 28 heavy (non-hydrogen) atoms. The van der Waals surface area contributed by atoms with E-state index in [-0.39, 0.29) is 11.7 Å². The number of benzene rings is 2. The molecule has 0 fully saturated rings. The van der Waals surface area contributed by atoms with Crippen molar-refractivity contribution < 1.29 is 9.59 Å². The Bertz CT molecular complexity index is 970. The topological polar surface area (TPSA) is 62.3 Å². The minimum absolute atomic E-state index is 0.00810. The smallest absolute Gasteiger partial charge is 0.272 e. The van der Waals surface area contributed by atoms with Crippen LogP contribution in [0.4, 0.5) is 11.4 Å². The summed E-state index contributed by atoms with van der Waals surface area (Å²) in [5.41, 5.74) is 3.62. The van der Waals surface area contributed by atoms with Gasteiger partial charge in [-0.05, 0) is 43.7 Å². The van der Waals surface area contributed by atoms with E-state index in [1.165, 1.54) is 6.92 Å². The molecule has 5 heteroatoms. The molecule has 142 valence electrons. The number of anilines is 2. The number of Topliss-reactive ketones (excluding diaryl/α,β-unsaturated/α-hetero) is 1. The molecule has 3 aromatic rings. The quantitative estimate of drug-likeness (QED) is 0.610. The van der Waals surface area contributed by atoms with E-state index >= 15 is 0 Å². The maximum atomic E-state index is 12.9. The van der Waals surface area contributed by atoms with Crippen molar-refractivity contribution in [3.63, 3.8) is 0 Å². The fourth-order valence-corrected chi connectivity index (χ4v) is 2.90. The van der Waals surface area contributed by atoms with Gasteiger partial charge in [-0.2, -0.15) is 0 Å². The lowest BCUT2D eigenvalue weighted by Gasteiger charge is -2.21.